The van der Waals surface area contributed by atoms with Gasteiger partial charge in [0.25, 0.3) is 0 Å². The first-order chi connectivity index (χ1) is 9.78. The molecular formula is C14H15N5O. The maximum atomic E-state index is 8.91. The van der Waals surface area contributed by atoms with Gasteiger partial charge in [-0.3, -0.25) is 0 Å². The van der Waals surface area contributed by atoms with E-state index in [0.29, 0.717) is 6.54 Å². The maximum absolute atomic E-state index is 8.91. The molecule has 2 heterocycles. The fraction of sp³-hybridized carbons (Fsp3) is 0.214. The fourth-order valence-corrected chi connectivity index (χ4v) is 2.04. The van der Waals surface area contributed by atoms with Crippen molar-refractivity contribution in [2.24, 2.45) is 0 Å². The second-order valence-corrected chi connectivity index (χ2v) is 4.56. The molecule has 0 radical (unpaired) electrons. The summed E-state index contributed by atoms with van der Waals surface area (Å²) in [5, 5.41) is 17.3. The molecule has 0 aliphatic carbocycles. The van der Waals surface area contributed by atoms with Crippen LogP contribution < -0.4 is 4.90 Å². The number of nitrogens with one attached hydrogen (secondary N) is 1. The highest BCUT2D eigenvalue weighted by molar-refractivity contribution is 5.80. The fourth-order valence-electron chi connectivity index (χ4n) is 2.04. The minimum absolute atomic E-state index is 0.0937. The molecule has 6 heteroatoms. The lowest BCUT2D eigenvalue weighted by Crippen LogP contribution is -2.22. The van der Waals surface area contributed by atoms with Crippen molar-refractivity contribution in [3.8, 4) is 11.3 Å². The van der Waals surface area contributed by atoms with Crippen LogP contribution in [0.4, 0.5) is 5.82 Å². The number of benzene rings is 1. The van der Waals surface area contributed by atoms with Gasteiger partial charge in [0.05, 0.1) is 29.7 Å². The molecule has 0 atom stereocenters. The number of aliphatic hydroxyl groups is 1. The molecule has 1 aromatic carbocycles. The average molecular weight is 269 g/mol. The first kappa shape index (κ1) is 12.6. The van der Waals surface area contributed by atoms with Crippen LogP contribution >= 0.6 is 0 Å². The predicted octanol–water partition coefficient (Wildman–Crippen LogP) is 1.45. The Morgan fingerprint density at radius 1 is 1.20 bits per heavy atom. The van der Waals surface area contributed by atoms with E-state index in [-0.39, 0.29) is 6.61 Å². The van der Waals surface area contributed by atoms with E-state index < -0.39 is 0 Å². The number of imidazole rings is 1. The lowest BCUT2D eigenvalue weighted by molar-refractivity contribution is 0.303. The number of aliphatic hydroxyl groups excluding tert-OH is 1. The van der Waals surface area contributed by atoms with Crippen molar-refractivity contribution in [2.75, 3.05) is 25.1 Å². The number of aromatic nitrogens is 4. The number of anilines is 1. The number of H-pyrrole nitrogens is 1. The van der Waals surface area contributed by atoms with Gasteiger partial charge in [-0.05, 0) is 24.3 Å². The SMILES string of the molecule is CN(CCO)c1ccc(-c2ccc3nc[nH]c3c2)nn1. The number of hydrogen-bond acceptors (Lipinski definition) is 5. The molecule has 0 aliphatic rings. The van der Waals surface area contributed by atoms with E-state index >= 15 is 0 Å². The van der Waals surface area contributed by atoms with Gasteiger partial charge in [-0.25, -0.2) is 4.98 Å². The zero-order valence-electron chi connectivity index (χ0n) is 11.1. The number of likely N-dealkylation sites (N-methyl/N-ethyl adjacent to an activating group) is 1. The number of aromatic amines is 1. The van der Waals surface area contributed by atoms with E-state index in [1.807, 2.05) is 42.3 Å². The highest BCUT2D eigenvalue weighted by Gasteiger charge is 2.06. The van der Waals surface area contributed by atoms with Gasteiger partial charge in [-0.15, -0.1) is 10.2 Å². The quantitative estimate of drug-likeness (QED) is 0.749. The molecule has 2 aromatic heterocycles. The Labute approximate surface area is 116 Å². The largest absolute Gasteiger partial charge is 0.395 e. The van der Waals surface area contributed by atoms with Crippen molar-refractivity contribution in [1.29, 1.82) is 0 Å². The van der Waals surface area contributed by atoms with Crippen LogP contribution in [-0.2, 0) is 0 Å². The maximum Gasteiger partial charge on any atom is 0.151 e. The molecule has 0 saturated carbocycles. The molecule has 3 rings (SSSR count). The number of nitrogens with zero attached hydrogens (tertiary/aromatic N) is 4. The molecule has 0 unspecified atom stereocenters. The molecule has 0 fully saturated rings. The van der Waals surface area contributed by atoms with Gasteiger partial charge in [-0.2, -0.15) is 0 Å². The monoisotopic (exact) mass is 269 g/mol. The van der Waals surface area contributed by atoms with E-state index in [1.54, 1.807) is 6.33 Å². The third-order valence-corrected chi connectivity index (χ3v) is 3.19. The Morgan fingerprint density at radius 2 is 2.10 bits per heavy atom. The topological polar surface area (TPSA) is 77.9 Å². The summed E-state index contributed by atoms with van der Waals surface area (Å²) in [5.41, 5.74) is 3.71. The van der Waals surface area contributed by atoms with Crippen LogP contribution in [0.2, 0.25) is 0 Å². The van der Waals surface area contributed by atoms with Gasteiger partial charge < -0.3 is 15.0 Å². The average Bonchev–Trinajstić information content (AvgIpc) is 2.95. The van der Waals surface area contributed by atoms with Gasteiger partial charge in [0, 0.05) is 19.2 Å². The second kappa shape index (κ2) is 5.26. The Kier molecular flexibility index (Phi) is 3.30. The standard InChI is InChI=1S/C14H15N5O/c1-19(6-7-20)14-5-4-11(17-18-14)10-2-3-12-13(8-10)16-9-15-12/h2-5,8-9,20H,6-7H2,1H3,(H,15,16). The molecule has 0 aliphatic heterocycles. The molecule has 102 valence electrons. The van der Waals surface area contributed by atoms with Crippen molar-refractivity contribution in [3.63, 3.8) is 0 Å². The van der Waals surface area contributed by atoms with Gasteiger partial charge >= 0.3 is 0 Å². The van der Waals surface area contributed by atoms with E-state index in [2.05, 4.69) is 20.2 Å². The molecular weight excluding hydrogens is 254 g/mol. The van der Waals surface area contributed by atoms with Crippen LogP contribution in [0.25, 0.3) is 22.3 Å². The highest BCUT2D eigenvalue weighted by atomic mass is 16.3. The minimum Gasteiger partial charge on any atom is -0.395 e. The van der Waals surface area contributed by atoms with Crippen molar-refractivity contribution < 1.29 is 5.11 Å². The van der Waals surface area contributed by atoms with Crippen molar-refractivity contribution in [2.45, 2.75) is 0 Å². The van der Waals surface area contributed by atoms with Gasteiger partial charge in [0.2, 0.25) is 0 Å². The van der Waals surface area contributed by atoms with Crippen molar-refractivity contribution in [1.82, 2.24) is 20.2 Å². The first-order valence-electron chi connectivity index (χ1n) is 6.37. The summed E-state index contributed by atoms with van der Waals surface area (Å²) in [7, 11) is 1.87. The Balaban J connectivity index is 1.90. The minimum atomic E-state index is 0.0937. The van der Waals surface area contributed by atoms with E-state index in [4.69, 9.17) is 5.11 Å². The molecule has 0 saturated heterocycles. The number of fused-ring (bicyclic) bond motifs is 1. The van der Waals surface area contributed by atoms with Crippen LogP contribution in [0.3, 0.4) is 0 Å². The van der Waals surface area contributed by atoms with E-state index in [9.17, 15) is 0 Å². The molecule has 20 heavy (non-hydrogen) atoms. The summed E-state index contributed by atoms with van der Waals surface area (Å²) in [6.07, 6.45) is 1.67. The molecule has 2 N–H and O–H groups in total. The summed E-state index contributed by atoms with van der Waals surface area (Å²) in [6, 6.07) is 9.76. The number of rotatable bonds is 4. The van der Waals surface area contributed by atoms with Gasteiger partial charge in [0.15, 0.2) is 5.82 Å². The molecule has 3 aromatic rings. The van der Waals surface area contributed by atoms with Gasteiger partial charge in [-0.1, -0.05) is 6.07 Å². The molecule has 0 spiro atoms. The summed E-state index contributed by atoms with van der Waals surface area (Å²) in [6.45, 7) is 0.630. The van der Waals surface area contributed by atoms with Crippen molar-refractivity contribution in [3.05, 3.63) is 36.7 Å². The lowest BCUT2D eigenvalue weighted by Gasteiger charge is -2.15. The Hall–Kier alpha value is -2.47. The van der Waals surface area contributed by atoms with Crippen LogP contribution in [0.5, 0.6) is 0 Å². The number of hydrogen-bond donors (Lipinski definition) is 2. The highest BCUT2D eigenvalue weighted by Crippen LogP contribution is 2.21. The van der Waals surface area contributed by atoms with E-state index in [0.717, 1.165) is 28.1 Å². The van der Waals surface area contributed by atoms with Crippen molar-refractivity contribution >= 4 is 16.9 Å². The molecule has 6 nitrogen and oxygen atoms in total. The lowest BCUT2D eigenvalue weighted by atomic mass is 10.1. The molecule has 0 bridgehead atoms. The zero-order chi connectivity index (χ0) is 13.9. The van der Waals surface area contributed by atoms with Crippen LogP contribution in [0, 0.1) is 0 Å². The van der Waals surface area contributed by atoms with E-state index in [1.165, 1.54) is 0 Å². The predicted molar refractivity (Wildman–Crippen MR) is 77.5 cm³/mol. The Morgan fingerprint density at radius 3 is 2.85 bits per heavy atom. The Bertz CT molecular complexity index is 707. The first-order valence-corrected chi connectivity index (χ1v) is 6.37. The normalized spacial score (nSPS) is 10.9. The zero-order valence-corrected chi connectivity index (χ0v) is 11.1. The molecule has 0 amide bonds. The second-order valence-electron chi connectivity index (χ2n) is 4.56. The summed E-state index contributed by atoms with van der Waals surface area (Å²) in [4.78, 5) is 9.13. The van der Waals surface area contributed by atoms with Crippen LogP contribution in [0.1, 0.15) is 0 Å². The third kappa shape index (κ3) is 2.33. The van der Waals surface area contributed by atoms with Gasteiger partial charge in [0.1, 0.15) is 0 Å². The summed E-state index contributed by atoms with van der Waals surface area (Å²) in [5.74, 6) is 0.741. The van der Waals surface area contributed by atoms with Crippen LogP contribution in [0.15, 0.2) is 36.7 Å². The van der Waals surface area contributed by atoms with Crippen LogP contribution in [-0.4, -0.2) is 45.5 Å². The summed E-state index contributed by atoms with van der Waals surface area (Å²) >= 11 is 0. The third-order valence-electron chi connectivity index (χ3n) is 3.19. The summed E-state index contributed by atoms with van der Waals surface area (Å²) < 4.78 is 0. The smallest absolute Gasteiger partial charge is 0.151 e.